The number of hydrogen-bond donors (Lipinski definition) is 2. The van der Waals surface area contributed by atoms with Crippen molar-refractivity contribution in [3.63, 3.8) is 0 Å². The van der Waals surface area contributed by atoms with Crippen LogP contribution in [0, 0.1) is 5.92 Å². The zero-order valence-corrected chi connectivity index (χ0v) is 11.7. The van der Waals surface area contributed by atoms with E-state index >= 15 is 0 Å². The van der Waals surface area contributed by atoms with Gasteiger partial charge in [0.05, 0.1) is 5.54 Å². The molecule has 0 spiro atoms. The van der Waals surface area contributed by atoms with Crippen molar-refractivity contribution in [2.24, 2.45) is 5.92 Å². The Morgan fingerprint density at radius 3 is 2.53 bits per heavy atom. The normalized spacial score (nSPS) is 29.2. The smallest absolute Gasteiger partial charge is 0.303 e. The highest BCUT2D eigenvalue weighted by Gasteiger charge is 2.38. The Labute approximate surface area is 114 Å². The Morgan fingerprint density at radius 1 is 1.32 bits per heavy atom. The van der Waals surface area contributed by atoms with Crippen molar-refractivity contribution >= 4 is 11.9 Å². The largest absolute Gasteiger partial charge is 0.481 e. The first kappa shape index (κ1) is 14.3. The van der Waals surface area contributed by atoms with Crippen LogP contribution in [0.25, 0.3) is 0 Å². The van der Waals surface area contributed by atoms with Crippen molar-refractivity contribution in [2.75, 3.05) is 19.6 Å². The van der Waals surface area contributed by atoms with E-state index in [9.17, 15) is 9.59 Å². The van der Waals surface area contributed by atoms with E-state index in [1.165, 1.54) is 0 Å². The van der Waals surface area contributed by atoms with Crippen LogP contribution >= 0.6 is 0 Å². The topological polar surface area (TPSA) is 69.6 Å². The summed E-state index contributed by atoms with van der Waals surface area (Å²) in [6.07, 6.45) is 5.01. The molecular weight excluding hydrogens is 244 g/mol. The first-order valence-corrected chi connectivity index (χ1v) is 7.27. The van der Waals surface area contributed by atoms with Crippen LogP contribution in [0.5, 0.6) is 0 Å². The summed E-state index contributed by atoms with van der Waals surface area (Å²) in [6, 6.07) is 0. The third-order valence-electron chi connectivity index (χ3n) is 4.46. The van der Waals surface area contributed by atoms with Gasteiger partial charge in [0.15, 0.2) is 0 Å². The SMILES string of the molecule is CC1(C(=O)N2CCC(CC(=O)O)CC2)CCCCN1. The highest BCUT2D eigenvalue weighted by atomic mass is 16.4. The second-order valence-electron chi connectivity index (χ2n) is 6.05. The summed E-state index contributed by atoms with van der Waals surface area (Å²) >= 11 is 0. The third-order valence-corrected chi connectivity index (χ3v) is 4.46. The van der Waals surface area contributed by atoms with Gasteiger partial charge in [-0.3, -0.25) is 9.59 Å². The van der Waals surface area contributed by atoms with Gasteiger partial charge in [-0.25, -0.2) is 0 Å². The van der Waals surface area contributed by atoms with Crippen molar-refractivity contribution < 1.29 is 14.7 Å². The Bertz CT molecular complexity index is 343. The average Bonchev–Trinajstić information content (AvgIpc) is 2.39. The monoisotopic (exact) mass is 268 g/mol. The maximum absolute atomic E-state index is 12.6. The molecule has 2 rings (SSSR count). The lowest BCUT2D eigenvalue weighted by molar-refractivity contribution is -0.141. The van der Waals surface area contributed by atoms with Crippen molar-refractivity contribution in [1.82, 2.24) is 10.2 Å². The number of carbonyl (C=O) groups is 2. The van der Waals surface area contributed by atoms with Gasteiger partial charge in [-0.1, -0.05) is 0 Å². The molecule has 0 aliphatic carbocycles. The molecule has 1 unspecified atom stereocenters. The molecule has 2 aliphatic heterocycles. The number of hydrogen-bond acceptors (Lipinski definition) is 3. The highest BCUT2D eigenvalue weighted by molar-refractivity contribution is 5.86. The Balaban J connectivity index is 1.86. The number of nitrogens with zero attached hydrogens (tertiary/aromatic N) is 1. The zero-order valence-electron chi connectivity index (χ0n) is 11.7. The Hall–Kier alpha value is -1.10. The van der Waals surface area contributed by atoms with Gasteiger partial charge in [0.2, 0.25) is 5.91 Å². The molecule has 2 fully saturated rings. The fraction of sp³-hybridized carbons (Fsp3) is 0.857. The predicted molar refractivity (Wildman–Crippen MR) is 71.8 cm³/mol. The minimum Gasteiger partial charge on any atom is -0.481 e. The van der Waals surface area contributed by atoms with E-state index in [0.717, 1.165) is 38.6 Å². The maximum Gasteiger partial charge on any atom is 0.303 e. The van der Waals surface area contributed by atoms with Crippen molar-refractivity contribution in [1.29, 1.82) is 0 Å². The summed E-state index contributed by atoms with van der Waals surface area (Å²) < 4.78 is 0. The van der Waals surface area contributed by atoms with Crippen LogP contribution in [0.3, 0.4) is 0 Å². The van der Waals surface area contributed by atoms with Crippen LogP contribution in [0.1, 0.15) is 45.4 Å². The lowest BCUT2D eigenvalue weighted by atomic mass is 9.87. The number of carboxylic acids is 1. The Kier molecular flexibility index (Phi) is 4.45. The molecule has 0 aromatic heterocycles. The van der Waals surface area contributed by atoms with Crippen molar-refractivity contribution in [3.8, 4) is 0 Å². The first-order valence-electron chi connectivity index (χ1n) is 7.27. The molecule has 0 bridgehead atoms. The average molecular weight is 268 g/mol. The van der Waals surface area contributed by atoms with Crippen LogP contribution in [0.2, 0.25) is 0 Å². The number of nitrogens with one attached hydrogen (secondary N) is 1. The minimum atomic E-state index is -0.731. The van der Waals surface area contributed by atoms with Crippen molar-refractivity contribution in [2.45, 2.75) is 51.0 Å². The third kappa shape index (κ3) is 3.47. The first-order chi connectivity index (χ1) is 9.01. The lowest BCUT2D eigenvalue weighted by Crippen LogP contribution is -2.59. The van der Waals surface area contributed by atoms with Gasteiger partial charge < -0.3 is 15.3 Å². The number of likely N-dealkylation sites (tertiary alicyclic amines) is 1. The fourth-order valence-electron chi connectivity index (χ4n) is 3.17. The van der Waals surface area contributed by atoms with Crippen molar-refractivity contribution in [3.05, 3.63) is 0 Å². The van der Waals surface area contributed by atoms with Gasteiger partial charge in [-0.15, -0.1) is 0 Å². The number of rotatable bonds is 3. The molecular formula is C14H24N2O3. The molecule has 1 amide bonds. The molecule has 0 aromatic rings. The fourth-order valence-corrected chi connectivity index (χ4v) is 3.17. The summed E-state index contributed by atoms with van der Waals surface area (Å²) in [4.78, 5) is 25.2. The summed E-state index contributed by atoms with van der Waals surface area (Å²) in [6.45, 7) is 4.32. The number of amides is 1. The van der Waals surface area contributed by atoms with Gasteiger partial charge >= 0.3 is 5.97 Å². The molecule has 108 valence electrons. The van der Waals surface area contributed by atoms with E-state index in [2.05, 4.69) is 5.32 Å². The van der Waals surface area contributed by atoms with E-state index in [1.807, 2.05) is 11.8 Å². The molecule has 0 aromatic carbocycles. The molecule has 1 atom stereocenters. The van der Waals surface area contributed by atoms with Crippen LogP contribution in [0.15, 0.2) is 0 Å². The van der Waals surface area contributed by atoms with Gasteiger partial charge in [0, 0.05) is 19.5 Å². The lowest BCUT2D eigenvalue weighted by Gasteiger charge is -2.40. The van der Waals surface area contributed by atoms with Gasteiger partial charge in [0.25, 0.3) is 0 Å². The number of piperidine rings is 2. The van der Waals surface area contributed by atoms with E-state index in [-0.39, 0.29) is 18.2 Å². The second kappa shape index (κ2) is 5.90. The van der Waals surface area contributed by atoms with Gasteiger partial charge in [0.1, 0.15) is 0 Å². The molecule has 0 radical (unpaired) electrons. The molecule has 2 heterocycles. The second-order valence-corrected chi connectivity index (χ2v) is 6.05. The summed E-state index contributed by atoms with van der Waals surface area (Å²) in [7, 11) is 0. The number of aliphatic carboxylic acids is 1. The number of carboxylic acid groups (broad SMARTS) is 1. The Morgan fingerprint density at radius 2 is 2.00 bits per heavy atom. The predicted octanol–water partition coefficient (Wildman–Crippen LogP) is 1.23. The van der Waals surface area contributed by atoms with Crippen LogP contribution in [-0.4, -0.2) is 47.1 Å². The molecule has 2 saturated heterocycles. The van der Waals surface area contributed by atoms with Crippen LogP contribution in [0.4, 0.5) is 0 Å². The zero-order chi connectivity index (χ0) is 13.9. The minimum absolute atomic E-state index is 0.195. The van der Waals surface area contributed by atoms with E-state index in [1.54, 1.807) is 0 Å². The van der Waals surface area contributed by atoms with E-state index in [0.29, 0.717) is 13.1 Å². The number of carbonyl (C=O) groups excluding carboxylic acids is 1. The van der Waals surface area contributed by atoms with Crippen LogP contribution in [-0.2, 0) is 9.59 Å². The summed E-state index contributed by atoms with van der Waals surface area (Å²) in [5.74, 6) is -0.305. The molecule has 2 N–H and O–H groups in total. The quantitative estimate of drug-likeness (QED) is 0.808. The molecule has 0 saturated carbocycles. The highest BCUT2D eigenvalue weighted by Crippen LogP contribution is 2.26. The standard InChI is InChI=1S/C14H24N2O3/c1-14(6-2-3-7-15-14)13(19)16-8-4-11(5-9-16)10-12(17)18/h11,15H,2-10H2,1H3,(H,17,18). The molecule has 5 heteroatoms. The van der Waals surface area contributed by atoms with Gasteiger partial charge in [-0.2, -0.15) is 0 Å². The van der Waals surface area contributed by atoms with E-state index < -0.39 is 11.5 Å². The summed E-state index contributed by atoms with van der Waals surface area (Å²) in [5.41, 5.74) is -0.405. The summed E-state index contributed by atoms with van der Waals surface area (Å²) in [5, 5.41) is 12.1. The van der Waals surface area contributed by atoms with Crippen LogP contribution < -0.4 is 5.32 Å². The maximum atomic E-state index is 12.6. The molecule has 5 nitrogen and oxygen atoms in total. The molecule has 19 heavy (non-hydrogen) atoms. The van der Waals surface area contributed by atoms with E-state index in [4.69, 9.17) is 5.11 Å². The van der Waals surface area contributed by atoms with Gasteiger partial charge in [-0.05, 0) is 51.5 Å². The molecule has 2 aliphatic rings.